The Morgan fingerprint density at radius 3 is 2.23 bits per heavy atom. The average Bonchev–Trinajstić information content (AvgIpc) is 3.23. The van der Waals surface area contributed by atoms with E-state index in [1.54, 1.807) is 0 Å². The molecule has 3 unspecified atom stereocenters. The number of fused-ring (bicyclic) bond motifs is 5. The number of nitrogens with zero attached hydrogens (tertiary/aromatic N) is 2. The molecule has 1 saturated carbocycles. The average molecular weight is 684 g/mol. The van der Waals surface area contributed by atoms with Gasteiger partial charge in [-0.15, -0.1) is 0 Å². The molecule has 1 spiro atoms. The highest BCUT2D eigenvalue weighted by Crippen LogP contribution is 2.59. The van der Waals surface area contributed by atoms with E-state index in [-0.39, 0.29) is 11.3 Å². The summed E-state index contributed by atoms with van der Waals surface area (Å²) in [5.74, 6) is -8.18. The fourth-order valence-corrected chi connectivity index (χ4v) is 7.28. The number of esters is 1. The van der Waals surface area contributed by atoms with Crippen LogP contribution in [0, 0.1) is 5.92 Å². The van der Waals surface area contributed by atoms with Gasteiger partial charge in [-0.3, -0.25) is 39.7 Å². The summed E-state index contributed by atoms with van der Waals surface area (Å²) < 4.78 is 5.79. The van der Waals surface area contributed by atoms with Gasteiger partial charge in [0, 0.05) is 10.2 Å². The smallest absolute Gasteiger partial charge is 0.326 e. The Morgan fingerprint density at radius 2 is 1.59 bits per heavy atom. The van der Waals surface area contributed by atoms with Gasteiger partial charge < -0.3 is 45.8 Å². The zero-order valence-corrected chi connectivity index (χ0v) is 24.0. The molecule has 10 N–H and O–H groups in total. The number of halogens is 1. The second-order valence-electron chi connectivity index (χ2n) is 11.4. The summed E-state index contributed by atoms with van der Waals surface area (Å²) in [4.78, 5) is 71.9. The summed E-state index contributed by atoms with van der Waals surface area (Å²) in [6.45, 7) is -0.0700. The molecule has 0 aromatic heterocycles. The number of anilines is 1. The van der Waals surface area contributed by atoms with E-state index in [4.69, 9.17) is 4.74 Å². The Bertz CT molecular complexity index is 1540. The molecule has 44 heavy (non-hydrogen) atoms. The van der Waals surface area contributed by atoms with E-state index in [0.717, 1.165) is 6.92 Å². The van der Waals surface area contributed by atoms with Gasteiger partial charge in [-0.25, -0.2) is 4.79 Å². The largest absolute Gasteiger partial charge is 0.456 e. The molecule has 1 aromatic rings. The zero-order valence-electron chi connectivity index (χ0n) is 22.4. The molecule has 0 bridgehead atoms. The normalized spacial score (nSPS) is 42.8. The minimum Gasteiger partial charge on any atom is -0.456 e. The number of aliphatic hydroxyl groups is 7. The highest BCUT2D eigenvalue weighted by atomic mass is 79.9. The molecular weight excluding hydrogens is 658 g/mol. The lowest BCUT2D eigenvalue weighted by Crippen LogP contribution is -2.86. The van der Waals surface area contributed by atoms with Crippen molar-refractivity contribution in [3.63, 3.8) is 0 Å². The SMILES string of the molecule is C[C@@]1(O)C(=O)N2[C@@H]3C(=O)NC(=O)NC3=NC[C@@]2(O)C(C(=O)OC2[C@@H](O)[C@H](O)C(O)[C@@H](O)[C@H]2O)[C@]12C(=O)Nc1cc(Br)ccc12. The number of imide groups is 1. The summed E-state index contributed by atoms with van der Waals surface area (Å²) in [6, 6.07) is 1.19. The zero-order chi connectivity index (χ0) is 32.3. The Labute approximate surface area is 254 Å². The number of aliphatic imine (C=N–C) groups is 1. The number of hydrogen-bond donors (Lipinski definition) is 10. The highest BCUT2D eigenvalue weighted by Gasteiger charge is 2.80. The van der Waals surface area contributed by atoms with Gasteiger partial charge in [0.1, 0.15) is 47.7 Å². The van der Waals surface area contributed by atoms with Crippen LogP contribution in [0.15, 0.2) is 27.7 Å². The molecule has 18 nitrogen and oxygen atoms in total. The van der Waals surface area contributed by atoms with Gasteiger partial charge in [-0.2, -0.15) is 0 Å². The molecule has 2 saturated heterocycles. The summed E-state index contributed by atoms with van der Waals surface area (Å²) in [6.07, 6.45) is -12.9. The van der Waals surface area contributed by atoms with E-state index in [9.17, 15) is 59.7 Å². The van der Waals surface area contributed by atoms with Crippen LogP contribution in [0.4, 0.5) is 10.5 Å². The third-order valence-corrected chi connectivity index (χ3v) is 9.51. The van der Waals surface area contributed by atoms with Crippen LogP contribution >= 0.6 is 15.9 Å². The number of carbonyl (C=O) groups excluding carboxylic acids is 5. The first kappa shape index (κ1) is 30.5. The van der Waals surface area contributed by atoms with Crippen LogP contribution in [0.3, 0.4) is 0 Å². The molecule has 4 heterocycles. The van der Waals surface area contributed by atoms with Crippen LogP contribution in [0.25, 0.3) is 0 Å². The molecular formula is C25H26BrN5O13. The van der Waals surface area contributed by atoms with Crippen molar-refractivity contribution in [3.8, 4) is 0 Å². The number of piperidine rings is 1. The number of benzene rings is 1. The fourth-order valence-electron chi connectivity index (χ4n) is 6.92. The number of aliphatic hydroxyl groups excluding tert-OH is 5. The van der Waals surface area contributed by atoms with Gasteiger partial charge in [-0.05, 0) is 24.6 Å². The molecule has 0 radical (unpaired) electrons. The molecule has 3 fully saturated rings. The van der Waals surface area contributed by atoms with Crippen molar-refractivity contribution < 1.29 is 64.5 Å². The van der Waals surface area contributed by atoms with E-state index < -0.39 is 107 Å². The van der Waals surface area contributed by atoms with Crippen LogP contribution in [0.2, 0.25) is 0 Å². The van der Waals surface area contributed by atoms with Gasteiger partial charge in [-0.1, -0.05) is 22.0 Å². The number of urea groups is 1. The van der Waals surface area contributed by atoms with Crippen LogP contribution < -0.4 is 16.0 Å². The summed E-state index contributed by atoms with van der Waals surface area (Å²) in [5, 5.41) is 82.4. The Balaban J connectivity index is 1.57. The predicted molar refractivity (Wildman–Crippen MR) is 143 cm³/mol. The monoisotopic (exact) mass is 683 g/mol. The van der Waals surface area contributed by atoms with Gasteiger partial charge >= 0.3 is 12.0 Å². The maximum absolute atomic E-state index is 14.3. The molecule has 236 valence electrons. The number of hydrogen-bond acceptors (Lipinski definition) is 14. The number of nitrogens with one attached hydrogen (secondary N) is 3. The Kier molecular flexibility index (Phi) is 6.73. The Hall–Kier alpha value is -3.56. The van der Waals surface area contributed by atoms with Crippen LogP contribution in [-0.4, -0.2) is 137 Å². The van der Waals surface area contributed by atoms with E-state index in [0.29, 0.717) is 9.37 Å². The fraction of sp³-hybridized carbons (Fsp3) is 0.520. The van der Waals surface area contributed by atoms with Gasteiger partial charge in [0.05, 0.1) is 6.54 Å². The predicted octanol–water partition coefficient (Wildman–Crippen LogP) is -5.11. The maximum Gasteiger partial charge on any atom is 0.326 e. The minimum absolute atomic E-state index is 0.0154. The lowest BCUT2D eigenvalue weighted by molar-refractivity contribution is -0.259. The molecule has 4 aliphatic heterocycles. The standard InChI is InChI=1S/C25H26BrN5O13/c1-23(42)21(40)31-9-17(29-22(41)30-18(9)37)27-5-24(31,43)16(25(23)7-3-2-6(26)4-8(7)28-20(25)39)19(38)44-15-13(35)11(33)10(32)12(34)14(15)36/h2-4,9-16,32-36,42-43H,5H2,1H3,(H,28,39)(H2,27,29,30,37,41)/t9-,10?,11+,12+,13-,14+,15?,16?,23+,24+,25+/m0/s1. The first-order chi connectivity index (χ1) is 20.5. The van der Waals surface area contributed by atoms with Crippen LogP contribution in [-0.2, 0) is 29.3 Å². The van der Waals surface area contributed by atoms with Crippen molar-refractivity contribution >= 4 is 57.2 Å². The van der Waals surface area contributed by atoms with Crippen molar-refractivity contribution in [1.29, 1.82) is 0 Å². The topological polar surface area (TPSA) is 288 Å². The summed E-state index contributed by atoms with van der Waals surface area (Å²) in [7, 11) is 0. The van der Waals surface area contributed by atoms with Crippen molar-refractivity contribution in [2.75, 3.05) is 11.9 Å². The van der Waals surface area contributed by atoms with E-state index in [1.807, 2.05) is 5.32 Å². The molecule has 11 atom stereocenters. The lowest BCUT2D eigenvalue weighted by atomic mass is 9.54. The van der Waals surface area contributed by atoms with Crippen LogP contribution in [0.5, 0.6) is 0 Å². The van der Waals surface area contributed by atoms with Crippen molar-refractivity contribution in [1.82, 2.24) is 15.5 Å². The van der Waals surface area contributed by atoms with Gasteiger partial charge in [0.2, 0.25) is 5.91 Å². The van der Waals surface area contributed by atoms with Gasteiger partial charge in [0.25, 0.3) is 11.8 Å². The van der Waals surface area contributed by atoms with Crippen molar-refractivity contribution in [3.05, 3.63) is 28.2 Å². The second-order valence-corrected chi connectivity index (χ2v) is 12.3. The number of carbonyl (C=O) groups is 5. The van der Waals surface area contributed by atoms with E-state index >= 15 is 0 Å². The number of rotatable bonds is 2. The quantitative estimate of drug-likeness (QED) is 0.131. The summed E-state index contributed by atoms with van der Waals surface area (Å²) in [5.41, 5.74) is -8.77. The molecule has 6 rings (SSSR count). The first-order valence-electron chi connectivity index (χ1n) is 13.2. The molecule has 5 aliphatic rings. The molecule has 1 aliphatic carbocycles. The maximum atomic E-state index is 14.3. The lowest BCUT2D eigenvalue weighted by Gasteiger charge is -2.61. The van der Waals surface area contributed by atoms with E-state index in [2.05, 4.69) is 31.6 Å². The third-order valence-electron chi connectivity index (χ3n) is 9.02. The number of amides is 5. The van der Waals surface area contributed by atoms with Crippen molar-refractivity contribution in [2.45, 2.75) is 66.3 Å². The molecule has 5 amide bonds. The van der Waals surface area contributed by atoms with E-state index in [1.165, 1.54) is 18.2 Å². The first-order valence-corrected chi connectivity index (χ1v) is 14.0. The number of amidine groups is 1. The third kappa shape index (κ3) is 3.71. The van der Waals surface area contributed by atoms with Gasteiger partial charge in [0.15, 0.2) is 23.5 Å². The highest BCUT2D eigenvalue weighted by molar-refractivity contribution is 9.10. The summed E-state index contributed by atoms with van der Waals surface area (Å²) >= 11 is 3.24. The molecule has 1 aromatic carbocycles. The second kappa shape index (κ2) is 9.72. The van der Waals surface area contributed by atoms with Crippen molar-refractivity contribution in [2.24, 2.45) is 10.9 Å². The number of ether oxygens (including phenoxy) is 1. The van der Waals surface area contributed by atoms with Crippen LogP contribution in [0.1, 0.15) is 12.5 Å². The Morgan fingerprint density at radius 1 is 0.977 bits per heavy atom. The minimum atomic E-state index is -2.96. The molecule has 19 heteroatoms.